The van der Waals surface area contributed by atoms with Crippen LogP contribution in [0.1, 0.15) is 41.7 Å². The molecule has 4 N–H and O–H groups in total. The second kappa shape index (κ2) is 8.45. The Hall–Kier alpha value is -2.52. The zero-order chi connectivity index (χ0) is 19.3. The Balaban J connectivity index is 1.53. The minimum absolute atomic E-state index is 0.0907. The van der Waals surface area contributed by atoms with Crippen LogP contribution in [0.15, 0.2) is 41.6 Å². The van der Waals surface area contributed by atoms with Crippen molar-refractivity contribution in [2.75, 3.05) is 11.9 Å². The zero-order valence-electron chi connectivity index (χ0n) is 14.9. The molecular formula is C18H23N5O3S. The normalized spacial score (nSPS) is 14.9. The first-order valence-electron chi connectivity index (χ1n) is 8.90. The molecule has 144 valence electrons. The number of sulfonamides is 1. The van der Waals surface area contributed by atoms with Crippen molar-refractivity contribution < 1.29 is 13.2 Å². The van der Waals surface area contributed by atoms with E-state index in [0.717, 1.165) is 31.2 Å². The van der Waals surface area contributed by atoms with Gasteiger partial charge in [0.25, 0.3) is 5.91 Å². The van der Waals surface area contributed by atoms with Gasteiger partial charge in [-0.2, -0.15) is 0 Å². The summed E-state index contributed by atoms with van der Waals surface area (Å²) in [6, 6.07) is 8.30. The zero-order valence-corrected chi connectivity index (χ0v) is 15.7. The molecule has 1 aromatic heterocycles. The van der Waals surface area contributed by atoms with E-state index in [1.54, 1.807) is 18.2 Å². The lowest BCUT2D eigenvalue weighted by Crippen LogP contribution is -2.33. The Morgan fingerprint density at radius 1 is 1.15 bits per heavy atom. The number of carbonyl (C=O) groups excluding carboxylic acids is 1. The van der Waals surface area contributed by atoms with E-state index in [1.807, 2.05) is 0 Å². The van der Waals surface area contributed by atoms with E-state index in [4.69, 9.17) is 5.14 Å². The molecule has 0 unspecified atom stereocenters. The van der Waals surface area contributed by atoms with E-state index in [-0.39, 0.29) is 16.8 Å². The third-order valence-corrected chi connectivity index (χ3v) is 5.49. The van der Waals surface area contributed by atoms with Crippen LogP contribution < -0.4 is 15.8 Å². The average molecular weight is 389 g/mol. The van der Waals surface area contributed by atoms with Gasteiger partial charge in [0.1, 0.15) is 17.8 Å². The maximum absolute atomic E-state index is 12.3. The van der Waals surface area contributed by atoms with E-state index in [1.165, 1.54) is 18.5 Å². The van der Waals surface area contributed by atoms with E-state index >= 15 is 0 Å². The van der Waals surface area contributed by atoms with Crippen LogP contribution in [0.4, 0.5) is 5.82 Å². The fourth-order valence-electron chi connectivity index (χ4n) is 3.09. The molecule has 1 heterocycles. The lowest BCUT2D eigenvalue weighted by Gasteiger charge is -2.12. The van der Waals surface area contributed by atoms with Gasteiger partial charge < -0.3 is 10.6 Å². The molecule has 0 atom stereocenters. The summed E-state index contributed by atoms with van der Waals surface area (Å²) in [5.41, 5.74) is 1.31. The molecule has 27 heavy (non-hydrogen) atoms. The molecule has 0 aliphatic heterocycles. The molecule has 0 radical (unpaired) electrons. The minimum Gasteiger partial charge on any atom is -0.370 e. The number of primary sulfonamides is 1. The summed E-state index contributed by atoms with van der Waals surface area (Å²) in [5, 5.41) is 11.2. The predicted molar refractivity (Wildman–Crippen MR) is 102 cm³/mol. The van der Waals surface area contributed by atoms with Crippen LogP contribution in [-0.4, -0.2) is 36.9 Å². The summed E-state index contributed by atoms with van der Waals surface area (Å²) in [6.07, 6.45) is 6.38. The fourth-order valence-corrected chi connectivity index (χ4v) is 3.60. The molecule has 1 amide bonds. The molecule has 1 aromatic carbocycles. The molecule has 3 rings (SSSR count). The van der Waals surface area contributed by atoms with E-state index in [9.17, 15) is 13.2 Å². The number of hydrogen-bond donors (Lipinski definition) is 3. The van der Waals surface area contributed by atoms with Crippen LogP contribution in [0.2, 0.25) is 0 Å². The van der Waals surface area contributed by atoms with E-state index < -0.39 is 10.0 Å². The van der Waals surface area contributed by atoms with Gasteiger partial charge in [-0.25, -0.2) is 23.5 Å². The number of hydrogen-bond acceptors (Lipinski definition) is 6. The summed E-state index contributed by atoms with van der Waals surface area (Å²) in [5.74, 6) is 0.397. The van der Waals surface area contributed by atoms with Gasteiger partial charge in [-0.3, -0.25) is 4.79 Å². The van der Waals surface area contributed by atoms with Crippen molar-refractivity contribution in [3.05, 3.63) is 47.9 Å². The van der Waals surface area contributed by atoms with Gasteiger partial charge in [0.2, 0.25) is 10.0 Å². The highest BCUT2D eigenvalue weighted by Gasteiger charge is 2.18. The molecule has 1 saturated carbocycles. The monoisotopic (exact) mass is 389 g/mol. The van der Waals surface area contributed by atoms with Crippen molar-refractivity contribution >= 4 is 21.7 Å². The lowest BCUT2D eigenvalue weighted by atomic mass is 10.1. The number of anilines is 1. The topological polar surface area (TPSA) is 127 Å². The SMILES string of the molecule is NS(=O)(=O)c1ccc(CCNc2cc(C(=O)NC3CCCC3)ncn2)cc1. The number of carbonyl (C=O) groups is 1. The standard InChI is InChI=1S/C18H23N5O3S/c19-27(25,26)15-7-5-13(6-8-15)9-10-20-17-11-16(21-12-22-17)18(24)23-14-3-1-2-4-14/h5-8,11-12,14H,1-4,9-10H2,(H,23,24)(H2,19,25,26)(H,20,21,22). The number of amides is 1. The summed E-state index contributed by atoms with van der Waals surface area (Å²) in [6.45, 7) is 0.579. The first-order chi connectivity index (χ1) is 12.9. The van der Waals surface area contributed by atoms with Gasteiger partial charge in [0, 0.05) is 18.7 Å². The molecule has 1 aliphatic rings. The highest BCUT2D eigenvalue weighted by Crippen LogP contribution is 2.18. The number of aromatic nitrogens is 2. The number of rotatable bonds is 7. The van der Waals surface area contributed by atoms with Crippen molar-refractivity contribution in [1.29, 1.82) is 0 Å². The molecule has 1 aliphatic carbocycles. The highest BCUT2D eigenvalue weighted by molar-refractivity contribution is 7.89. The Bertz CT molecular complexity index is 893. The van der Waals surface area contributed by atoms with Crippen LogP contribution >= 0.6 is 0 Å². The number of nitrogens with one attached hydrogen (secondary N) is 2. The lowest BCUT2D eigenvalue weighted by molar-refractivity contribution is 0.0932. The van der Waals surface area contributed by atoms with Crippen molar-refractivity contribution in [3.8, 4) is 0 Å². The molecule has 0 saturated heterocycles. The number of nitrogens with zero attached hydrogens (tertiary/aromatic N) is 2. The molecule has 1 fully saturated rings. The second-order valence-corrected chi connectivity index (χ2v) is 8.17. The largest absolute Gasteiger partial charge is 0.370 e. The van der Waals surface area contributed by atoms with Crippen molar-refractivity contribution in [2.45, 2.75) is 43.0 Å². The Morgan fingerprint density at radius 2 is 1.85 bits per heavy atom. The van der Waals surface area contributed by atoms with Crippen molar-refractivity contribution in [3.63, 3.8) is 0 Å². The molecular weight excluding hydrogens is 366 g/mol. The first-order valence-corrected chi connectivity index (χ1v) is 10.4. The van der Waals surface area contributed by atoms with E-state index in [0.29, 0.717) is 24.5 Å². The summed E-state index contributed by atoms with van der Waals surface area (Å²) in [7, 11) is -3.68. The Labute approximate surface area is 158 Å². The van der Waals surface area contributed by atoms with Crippen molar-refractivity contribution in [1.82, 2.24) is 15.3 Å². The van der Waals surface area contributed by atoms with Crippen LogP contribution in [-0.2, 0) is 16.4 Å². The molecule has 2 aromatic rings. The minimum atomic E-state index is -3.68. The van der Waals surface area contributed by atoms with Gasteiger partial charge in [-0.1, -0.05) is 25.0 Å². The maximum Gasteiger partial charge on any atom is 0.270 e. The molecule has 0 bridgehead atoms. The molecule has 9 heteroatoms. The van der Waals surface area contributed by atoms with Gasteiger partial charge in [0.15, 0.2) is 0 Å². The van der Waals surface area contributed by atoms with Gasteiger partial charge >= 0.3 is 0 Å². The average Bonchev–Trinajstić information content (AvgIpc) is 3.15. The number of benzene rings is 1. The fraction of sp³-hybridized carbons (Fsp3) is 0.389. The first kappa shape index (κ1) is 19.2. The van der Waals surface area contributed by atoms with Crippen LogP contribution in [0.3, 0.4) is 0 Å². The summed E-state index contributed by atoms with van der Waals surface area (Å²) < 4.78 is 22.5. The van der Waals surface area contributed by atoms with Gasteiger partial charge in [-0.05, 0) is 37.0 Å². The Kier molecular flexibility index (Phi) is 6.02. The third-order valence-electron chi connectivity index (χ3n) is 4.56. The number of nitrogens with two attached hydrogens (primary N) is 1. The highest BCUT2D eigenvalue weighted by atomic mass is 32.2. The quantitative estimate of drug-likeness (QED) is 0.658. The van der Waals surface area contributed by atoms with Gasteiger partial charge in [0.05, 0.1) is 4.90 Å². The van der Waals surface area contributed by atoms with E-state index in [2.05, 4.69) is 20.6 Å². The third kappa shape index (κ3) is 5.48. The van der Waals surface area contributed by atoms with Crippen LogP contribution in [0.25, 0.3) is 0 Å². The van der Waals surface area contributed by atoms with Crippen LogP contribution in [0.5, 0.6) is 0 Å². The molecule has 0 spiro atoms. The molecule has 8 nitrogen and oxygen atoms in total. The summed E-state index contributed by atoms with van der Waals surface area (Å²) in [4.78, 5) is 20.5. The smallest absolute Gasteiger partial charge is 0.270 e. The second-order valence-electron chi connectivity index (χ2n) is 6.61. The van der Waals surface area contributed by atoms with Crippen molar-refractivity contribution in [2.24, 2.45) is 5.14 Å². The van der Waals surface area contributed by atoms with Gasteiger partial charge in [-0.15, -0.1) is 0 Å². The maximum atomic E-state index is 12.3. The summed E-state index contributed by atoms with van der Waals surface area (Å²) >= 11 is 0. The Morgan fingerprint density at radius 3 is 2.52 bits per heavy atom. The van der Waals surface area contributed by atoms with Crippen LogP contribution in [0, 0.1) is 0 Å². The predicted octanol–water partition coefficient (Wildman–Crippen LogP) is 1.45.